The lowest BCUT2D eigenvalue weighted by molar-refractivity contribution is -0.134. The van der Waals surface area contributed by atoms with E-state index in [1.54, 1.807) is 23.4 Å². The number of nitrogens with zero attached hydrogens (tertiary/aromatic N) is 2. The highest BCUT2D eigenvalue weighted by Gasteiger charge is 2.35. The minimum absolute atomic E-state index is 0.0576. The zero-order chi connectivity index (χ0) is 18.4. The fraction of sp³-hybridized carbons (Fsp3) is 0.400. The second-order valence-corrected chi connectivity index (χ2v) is 6.68. The van der Waals surface area contributed by atoms with Crippen molar-refractivity contribution in [3.8, 4) is 5.75 Å². The summed E-state index contributed by atoms with van der Waals surface area (Å²) in [6, 6.07) is 11.3. The molecule has 0 radical (unpaired) electrons. The Kier molecular flexibility index (Phi) is 5.85. The number of carbonyl (C=O) groups excluding carboxylic acids is 1. The first-order chi connectivity index (χ1) is 12.6. The molecular formula is C20H24N2O4. The van der Waals surface area contributed by atoms with Crippen LogP contribution in [0.5, 0.6) is 5.75 Å². The number of ether oxygens (including phenoxy) is 2. The Morgan fingerprint density at radius 2 is 2.19 bits per heavy atom. The smallest absolute Gasteiger partial charge is 0.227 e. The molecule has 0 spiro atoms. The first kappa shape index (κ1) is 18.4. The lowest BCUT2D eigenvalue weighted by atomic mass is 10.1. The van der Waals surface area contributed by atoms with Gasteiger partial charge in [0.1, 0.15) is 18.0 Å². The Hall–Kier alpha value is -2.44. The summed E-state index contributed by atoms with van der Waals surface area (Å²) < 4.78 is 11.3. The molecule has 1 fully saturated rings. The van der Waals surface area contributed by atoms with Gasteiger partial charge >= 0.3 is 0 Å². The maximum absolute atomic E-state index is 12.6. The number of carbonyl (C=O) groups is 1. The van der Waals surface area contributed by atoms with E-state index in [4.69, 9.17) is 9.47 Å². The van der Waals surface area contributed by atoms with Gasteiger partial charge in [-0.25, -0.2) is 0 Å². The molecule has 3 rings (SSSR count). The van der Waals surface area contributed by atoms with Crippen molar-refractivity contribution in [3.05, 3.63) is 59.9 Å². The normalized spacial score (nSPS) is 20.5. The Morgan fingerprint density at radius 3 is 2.96 bits per heavy atom. The van der Waals surface area contributed by atoms with Crippen LogP contribution in [-0.2, 0) is 16.0 Å². The van der Waals surface area contributed by atoms with E-state index in [9.17, 15) is 9.90 Å². The Balaban J connectivity index is 1.64. The minimum atomic E-state index is -1.25. The molecule has 26 heavy (non-hydrogen) atoms. The van der Waals surface area contributed by atoms with E-state index in [0.717, 1.165) is 16.9 Å². The summed E-state index contributed by atoms with van der Waals surface area (Å²) in [4.78, 5) is 18.3. The molecule has 0 unspecified atom stereocenters. The van der Waals surface area contributed by atoms with Gasteiger partial charge in [0.05, 0.1) is 26.2 Å². The molecule has 0 saturated carbocycles. The highest BCUT2D eigenvalue weighted by atomic mass is 16.5. The van der Waals surface area contributed by atoms with Gasteiger partial charge in [-0.15, -0.1) is 0 Å². The zero-order valence-electron chi connectivity index (χ0n) is 14.9. The van der Waals surface area contributed by atoms with Gasteiger partial charge in [-0.3, -0.25) is 9.78 Å². The predicted octanol–water partition coefficient (Wildman–Crippen LogP) is 1.60. The number of aryl methyl sites for hydroxylation is 1. The van der Waals surface area contributed by atoms with E-state index < -0.39 is 5.60 Å². The summed E-state index contributed by atoms with van der Waals surface area (Å²) in [6.45, 7) is 3.17. The van der Waals surface area contributed by atoms with Gasteiger partial charge < -0.3 is 19.5 Å². The topological polar surface area (TPSA) is 71.9 Å². The Morgan fingerprint density at radius 1 is 1.35 bits per heavy atom. The van der Waals surface area contributed by atoms with E-state index in [2.05, 4.69) is 4.98 Å². The minimum Gasteiger partial charge on any atom is -0.490 e. The summed E-state index contributed by atoms with van der Waals surface area (Å²) in [5.74, 6) is 0.663. The third-order valence-electron chi connectivity index (χ3n) is 4.38. The van der Waals surface area contributed by atoms with Crippen LogP contribution in [-0.4, -0.2) is 59.4 Å². The van der Waals surface area contributed by atoms with Crippen molar-refractivity contribution in [2.45, 2.75) is 18.9 Å². The monoisotopic (exact) mass is 356 g/mol. The molecule has 1 aliphatic heterocycles. The fourth-order valence-corrected chi connectivity index (χ4v) is 2.94. The summed E-state index contributed by atoms with van der Waals surface area (Å²) in [6.07, 6.45) is 3.61. The second kappa shape index (κ2) is 8.29. The largest absolute Gasteiger partial charge is 0.490 e. The molecule has 1 aliphatic rings. The van der Waals surface area contributed by atoms with E-state index in [-0.39, 0.29) is 32.1 Å². The number of hydrogen-bond donors (Lipinski definition) is 1. The van der Waals surface area contributed by atoms with Gasteiger partial charge in [-0.1, -0.05) is 24.3 Å². The Bertz CT molecular complexity index is 738. The molecule has 1 N–H and O–H groups in total. The maximum Gasteiger partial charge on any atom is 0.227 e. The first-order valence-corrected chi connectivity index (χ1v) is 8.71. The van der Waals surface area contributed by atoms with Crippen molar-refractivity contribution in [3.63, 3.8) is 0 Å². The van der Waals surface area contributed by atoms with E-state index in [0.29, 0.717) is 13.2 Å². The van der Waals surface area contributed by atoms with Crippen LogP contribution in [0.3, 0.4) is 0 Å². The number of pyridine rings is 1. The number of aliphatic hydroxyl groups is 1. The number of para-hydroxylation sites is 1. The highest BCUT2D eigenvalue weighted by Crippen LogP contribution is 2.20. The SMILES string of the molecule is Cc1ccccc1OC[C@]1(O)COCCN(C(=O)Cc2cccnc2)C1. The molecular weight excluding hydrogens is 332 g/mol. The van der Waals surface area contributed by atoms with Gasteiger partial charge in [0, 0.05) is 18.9 Å². The van der Waals surface area contributed by atoms with Gasteiger partial charge in [0.25, 0.3) is 0 Å². The zero-order valence-corrected chi connectivity index (χ0v) is 14.9. The number of benzene rings is 1. The lowest BCUT2D eigenvalue weighted by Crippen LogP contribution is -2.50. The molecule has 1 atom stereocenters. The fourth-order valence-electron chi connectivity index (χ4n) is 2.94. The summed E-state index contributed by atoms with van der Waals surface area (Å²) in [5, 5.41) is 10.9. The number of aromatic nitrogens is 1. The molecule has 0 aliphatic carbocycles. The van der Waals surface area contributed by atoms with Crippen LogP contribution in [0.4, 0.5) is 0 Å². The molecule has 1 aromatic heterocycles. The number of rotatable bonds is 5. The van der Waals surface area contributed by atoms with Crippen LogP contribution in [0.25, 0.3) is 0 Å². The van der Waals surface area contributed by atoms with Crippen LogP contribution in [0.1, 0.15) is 11.1 Å². The molecule has 2 aromatic rings. The van der Waals surface area contributed by atoms with Crippen molar-refractivity contribution in [1.29, 1.82) is 0 Å². The summed E-state index contributed by atoms with van der Waals surface area (Å²) in [7, 11) is 0. The van der Waals surface area contributed by atoms with Crippen LogP contribution < -0.4 is 4.74 Å². The molecule has 0 bridgehead atoms. The lowest BCUT2D eigenvalue weighted by Gasteiger charge is -2.31. The quantitative estimate of drug-likeness (QED) is 0.881. The average Bonchev–Trinajstić information content (AvgIpc) is 2.84. The third kappa shape index (κ3) is 4.80. The van der Waals surface area contributed by atoms with Crippen molar-refractivity contribution in [2.24, 2.45) is 0 Å². The van der Waals surface area contributed by atoms with Crippen LogP contribution in [0, 0.1) is 6.92 Å². The van der Waals surface area contributed by atoms with Crippen molar-refractivity contribution >= 4 is 5.91 Å². The molecule has 1 saturated heterocycles. The van der Waals surface area contributed by atoms with Gasteiger partial charge in [0.15, 0.2) is 0 Å². The number of β-amino-alcohol motifs (C(OH)–C–C–N with tert-alkyl or cyclic N) is 1. The van der Waals surface area contributed by atoms with Gasteiger partial charge in [-0.05, 0) is 30.2 Å². The van der Waals surface area contributed by atoms with Crippen LogP contribution >= 0.6 is 0 Å². The average molecular weight is 356 g/mol. The molecule has 1 amide bonds. The molecule has 138 valence electrons. The maximum atomic E-state index is 12.6. The Labute approximate surface area is 153 Å². The second-order valence-electron chi connectivity index (χ2n) is 6.68. The summed E-state index contributed by atoms with van der Waals surface area (Å²) >= 11 is 0. The summed E-state index contributed by atoms with van der Waals surface area (Å²) in [5.41, 5.74) is 0.598. The molecule has 6 heteroatoms. The molecule has 6 nitrogen and oxygen atoms in total. The van der Waals surface area contributed by atoms with Crippen LogP contribution in [0.15, 0.2) is 48.8 Å². The van der Waals surface area contributed by atoms with Gasteiger partial charge in [-0.2, -0.15) is 0 Å². The third-order valence-corrected chi connectivity index (χ3v) is 4.38. The molecule has 1 aromatic carbocycles. The molecule has 2 heterocycles. The van der Waals surface area contributed by atoms with E-state index >= 15 is 0 Å². The first-order valence-electron chi connectivity index (χ1n) is 8.71. The highest BCUT2D eigenvalue weighted by molar-refractivity contribution is 5.78. The van der Waals surface area contributed by atoms with Crippen molar-refractivity contribution in [2.75, 3.05) is 32.9 Å². The number of hydrogen-bond acceptors (Lipinski definition) is 5. The predicted molar refractivity (Wildman–Crippen MR) is 97.0 cm³/mol. The van der Waals surface area contributed by atoms with Crippen molar-refractivity contribution < 1.29 is 19.4 Å². The van der Waals surface area contributed by atoms with Crippen molar-refractivity contribution in [1.82, 2.24) is 9.88 Å². The standard InChI is InChI=1S/C20H24N2O4/c1-16-5-2-3-7-18(16)26-15-20(24)13-22(9-10-25-14-20)19(23)11-17-6-4-8-21-12-17/h2-8,12,24H,9-11,13-15H2,1H3/t20-/m1/s1. The number of amides is 1. The van der Waals surface area contributed by atoms with E-state index in [1.165, 1.54) is 0 Å². The van der Waals surface area contributed by atoms with E-state index in [1.807, 2.05) is 37.3 Å². The van der Waals surface area contributed by atoms with Gasteiger partial charge in [0.2, 0.25) is 5.91 Å². The van der Waals surface area contributed by atoms with Crippen LogP contribution in [0.2, 0.25) is 0 Å².